The van der Waals surface area contributed by atoms with Crippen LogP contribution in [-0.4, -0.2) is 44.0 Å². The van der Waals surface area contributed by atoms with Gasteiger partial charge in [0, 0.05) is 18.3 Å². The fraction of sp³-hybridized carbons (Fsp3) is 0.312. The van der Waals surface area contributed by atoms with Crippen LogP contribution < -0.4 is 0 Å². The number of aliphatic carboxylic acids is 1. The molecule has 0 bridgehead atoms. The number of hydrogen-bond acceptors (Lipinski definition) is 3. The van der Waals surface area contributed by atoms with E-state index in [9.17, 15) is 9.59 Å². The van der Waals surface area contributed by atoms with Gasteiger partial charge in [0.05, 0.1) is 18.9 Å². The summed E-state index contributed by atoms with van der Waals surface area (Å²) in [5.41, 5.74) is 1.32. The van der Waals surface area contributed by atoms with E-state index in [0.717, 1.165) is 18.5 Å². The van der Waals surface area contributed by atoms with Crippen LogP contribution in [0.3, 0.4) is 0 Å². The maximum Gasteiger partial charge on any atom is 0.305 e. The molecule has 2 aromatic rings. The molecular weight excluding hydrogens is 282 g/mol. The number of carboxylic acid groups (broad SMARTS) is 1. The Kier molecular flexibility index (Phi) is 3.91. The molecular formula is C16H17N3O3. The third-order valence-electron chi connectivity index (χ3n) is 3.94. The number of nitrogens with zero attached hydrogens (tertiary/aromatic N) is 3. The Morgan fingerprint density at radius 1 is 1.27 bits per heavy atom. The smallest absolute Gasteiger partial charge is 0.305 e. The Balaban J connectivity index is 1.87. The number of likely N-dealkylation sites (tertiary alicyclic amines) is 1. The fourth-order valence-electron chi connectivity index (χ4n) is 2.91. The molecule has 1 unspecified atom stereocenters. The molecule has 1 saturated heterocycles. The highest BCUT2D eigenvalue weighted by atomic mass is 16.4. The zero-order valence-corrected chi connectivity index (χ0v) is 12.1. The maximum absolute atomic E-state index is 12.8. The molecule has 3 rings (SSSR count). The molecule has 1 aliphatic heterocycles. The van der Waals surface area contributed by atoms with Crippen molar-refractivity contribution in [3.8, 4) is 5.69 Å². The summed E-state index contributed by atoms with van der Waals surface area (Å²) in [5.74, 6) is -1.04. The third kappa shape index (κ3) is 2.72. The van der Waals surface area contributed by atoms with Crippen molar-refractivity contribution in [1.29, 1.82) is 0 Å². The van der Waals surface area contributed by atoms with Gasteiger partial charge in [-0.1, -0.05) is 18.2 Å². The van der Waals surface area contributed by atoms with Gasteiger partial charge in [0.2, 0.25) is 0 Å². The van der Waals surface area contributed by atoms with Crippen LogP contribution >= 0.6 is 0 Å². The average Bonchev–Trinajstić information content (AvgIpc) is 3.16. The zero-order chi connectivity index (χ0) is 15.5. The van der Waals surface area contributed by atoms with E-state index >= 15 is 0 Å². The Labute approximate surface area is 128 Å². The van der Waals surface area contributed by atoms with Gasteiger partial charge in [0.25, 0.3) is 5.91 Å². The Hall–Kier alpha value is -2.63. The van der Waals surface area contributed by atoms with Crippen molar-refractivity contribution >= 4 is 11.9 Å². The number of benzene rings is 1. The van der Waals surface area contributed by atoms with Crippen LogP contribution in [0.2, 0.25) is 0 Å². The molecule has 0 aliphatic carbocycles. The normalized spacial score (nSPS) is 17.6. The van der Waals surface area contributed by atoms with Crippen LogP contribution in [0.4, 0.5) is 0 Å². The Morgan fingerprint density at radius 3 is 2.77 bits per heavy atom. The van der Waals surface area contributed by atoms with E-state index in [0.29, 0.717) is 12.2 Å². The molecule has 6 heteroatoms. The van der Waals surface area contributed by atoms with Gasteiger partial charge < -0.3 is 10.0 Å². The molecule has 0 radical (unpaired) electrons. The van der Waals surface area contributed by atoms with E-state index in [1.807, 2.05) is 30.3 Å². The molecule has 114 valence electrons. The predicted octanol–water partition coefficient (Wildman–Crippen LogP) is 1.95. The molecule has 1 atom stereocenters. The van der Waals surface area contributed by atoms with Crippen LogP contribution in [0.5, 0.6) is 0 Å². The third-order valence-corrected chi connectivity index (χ3v) is 3.94. The average molecular weight is 299 g/mol. The van der Waals surface area contributed by atoms with Crippen LogP contribution in [-0.2, 0) is 4.79 Å². The van der Waals surface area contributed by atoms with E-state index in [-0.39, 0.29) is 18.4 Å². The van der Waals surface area contributed by atoms with Crippen molar-refractivity contribution in [3.63, 3.8) is 0 Å². The van der Waals surface area contributed by atoms with Gasteiger partial charge in [0.15, 0.2) is 0 Å². The quantitative estimate of drug-likeness (QED) is 0.936. The topological polar surface area (TPSA) is 75.4 Å². The minimum Gasteiger partial charge on any atom is -0.481 e. The van der Waals surface area contributed by atoms with Gasteiger partial charge in [-0.15, -0.1) is 0 Å². The highest BCUT2D eigenvalue weighted by Gasteiger charge is 2.32. The van der Waals surface area contributed by atoms with Crippen LogP contribution in [0, 0.1) is 0 Å². The van der Waals surface area contributed by atoms with Gasteiger partial charge in [-0.3, -0.25) is 14.2 Å². The monoisotopic (exact) mass is 299 g/mol. The van der Waals surface area contributed by atoms with Crippen molar-refractivity contribution in [3.05, 3.63) is 48.5 Å². The van der Waals surface area contributed by atoms with E-state index < -0.39 is 5.97 Å². The highest BCUT2D eigenvalue weighted by Crippen LogP contribution is 2.23. The van der Waals surface area contributed by atoms with Crippen LogP contribution in [0.25, 0.3) is 5.69 Å². The molecule has 1 fully saturated rings. The van der Waals surface area contributed by atoms with Crippen LogP contribution in [0.15, 0.2) is 42.9 Å². The highest BCUT2D eigenvalue weighted by molar-refractivity contribution is 5.93. The molecule has 1 aromatic heterocycles. The lowest BCUT2D eigenvalue weighted by atomic mass is 10.1. The maximum atomic E-state index is 12.8. The largest absolute Gasteiger partial charge is 0.481 e. The van der Waals surface area contributed by atoms with Gasteiger partial charge in [-0.05, 0) is 25.0 Å². The summed E-state index contributed by atoms with van der Waals surface area (Å²) in [5, 5.41) is 8.98. The molecule has 6 nitrogen and oxygen atoms in total. The molecule has 1 aliphatic rings. The number of carboxylic acids is 1. The molecule has 1 amide bonds. The molecule has 1 aromatic carbocycles. The van der Waals surface area contributed by atoms with Gasteiger partial charge in [-0.25, -0.2) is 4.98 Å². The summed E-state index contributed by atoms with van der Waals surface area (Å²) in [6.07, 6.45) is 4.70. The number of carbonyl (C=O) groups is 2. The SMILES string of the molecule is O=C(O)CC1CCCN1C(=O)c1cncn1-c1ccccc1. The number of para-hydroxylation sites is 1. The second-order valence-electron chi connectivity index (χ2n) is 5.38. The number of hydrogen-bond donors (Lipinski definition) is 1. The van der Waals surface area contributed by atoms with Crippen molar-refractivity contribution in [2.45, 2.75) is 25.3 Å². The summed E-state index contributed by atoms with van der Waals surface area (Å²) in [4.78, 5) is 29.4. The number of aromatic nitrogens is 2. The Morgan fingerprint density at radius 2 is 2.05 bits per heavy atom. The molecule has 0 saturated carbocycles. The summed E-state index contributed by atoms with van der Waals surface area (Å²) < 4.78 is 1.73. The lowest BCUT2D eigenvalue weighted by Gasteiger charge is -2.23. The first kappa shape index (κ1) is 14.3. The van der Waals surface area contributed by atoms with E-state index in [1.54, 1.807) is 15.8 Å². The van der Waals surface area contributed by atoms with Gasteiger partial charge in [-0.2, -0.15) is 0 Å². The minimum absolute atomic E-state index is 0.00872. The first-order valence-corrected chi connectivity index (χ1v) is 7.27. The summed E-state index contributed by atoms with van der Waals surface area (Å²) >= 11 is 0. The summed E-state index contributed by atoms with van der Waals surface area (Å²) in [7, 11) is 0. The standard InChI is InChI=1S/C16H17N3O3/c20-15(21)9-13-7-4-8-18(13)16(22)14-10-17-11-19(14)12-5-2-1-3-6-12/h1-3,5-6,10-11,13H,4,7-9H2,(H,20,21). The van der Waals surface area contributed by atoms with Crippen molar-refractivity contribution in [1.82, 2.24) is 14.5 Å². The number of amides is 1. The van der Waals surface area contributed by atoms with Crippen molar-refractivity contribution in [2.75, 3.05) is 6.54 Å². The van der Waals surface area contributed by atoms with Crippen LogP contribution in [0.1, 0.15) is 29.8 Å². The molecule has 1 N–H and O–H groups in total. The number of rotatable bonds is 4. The van der Waals surface area contributed by atoms with E-state index in [4.69, 9.17) is 5.11 Å². The van der Waals surface area contributed by atoms with Gasteiger partial charge in [0.1, 0.15) is 5.69 Å². The lowest BCUT2D eigenvalue weighted by Crippen LogP contribution is -2.37. The summed E-state index contributed by atoms with van der Waals surface area (Å²) in [6, 6.07) is 9.27. The summed E-state index contributed by atoms with van der Waals surface area (Å²) in [6.45, 7) is 0.594. The number of carbonyl (C=O) groups excluding carboxylic acids is 1. The second kappa shape index (κ2) is 6.01. The van der Waals surface area contributed by atoms with Crippen molar-refractivity contribution < 1.29 is 14.7 Å². The second-order valence-corrected chi connectivity index (χ2v) is 5.38. The fourth-order valence-corrected chi connectivity index (χ4v) is 2.91. The minimum atomic E-state index is -0.874. The first-order valence-electron chi connectivity index (χ1n) is 7.27. The molecule has 2 heterocycles. The van der Waals surface area contributed by atoms with Crippen molar-refractivity contribution in [2.24, 2.45) is 0 Å². The van der Waals surface area contributed by atoms with E-state index in [1.165, 1.54) is 6.20 Å². The van der Waals surface area contributed by atoms with Gasteiger partial charge >= 0.3 is 5.97 Å². The Bertz CT molecular complexity index is 681. The number of imidazole rings is 1. The predicted molar refractivity (Wildman–Crippen MR) is 79.9 cm³/mol. The molecule has 22 heavy (non-hydrogen) atoms. The lowest BCUT2D eigenvalue weighted by molar-refractivity contribution is -0.137. The van der Waals surface area contributed by atoms with E-state index in [2.05, 4.69) is 4.98 Å². The zero-order valence-electron chi connectivity index (χ0n) is 12.1. The first-order chi connectivity index (χ1) is 10.7. The molecule has 0 spiro atoms.